The molecule has 3 aromatic rings. The first-order valence-electron chi connectivity index (χ1n) is 11.0. The van der Waals surface area contributed by atoms with E-state index in [4.69, 9.17) is 5.73 Å². The van der Waals surface area contributed by atoms with Crippen LogP contribution in [0.25, 0.3) is 0 Å². The first-order valence-corrected chi connectivity index (χ1v) is 11.0. The molecule has 34 heavy (non-hydrogen) atoms. The van der Waals surface area contributed by atoms with Crippen molar-refractivity contribution in [3.8, 4) is 0 Å². The molecule has 0 bridgehead atoms. The predicted octanol–water partition coefficient (Wildman–Crippen LogP) is 1.86. The molecule has 0 spiro atoms. The van der Waals surface area contributed by atoms with Crippen molar-refractivity contribution >= 4 is 34.9 Å². The molecule has 170 valence electrons. The second-order valence-electron chi connectivity index (χ2n) is 7.88. The first kappa shape index (κ1) is 21.3. The number of amides is 2. The van der Waals surface area contributed by atoms with E-state index in [1.807, 2.05) is 48.5 Å². The molecule has 1 aromatic heterocycles. The number of benzene rings is 2. The average molecular weight is 454 g/mol. The van der Waals surface area contributed by atoms with E-state index in [0.29, 0.717) is 11.4 Å². The van der Waals surface area contributed by atoms with Crippen LogP contribution in [0.4, 0.5) is 11.4 Å². The van der Waals surface area contributed by atoms with Gasteiger partial charge in [0.25, 0.3) is 5.91 Å². The van der Waals surface area contributed by atoms with Gasteiger partial charge in [-0.05, 0) is 54.6 Å². The lowest BCUT2D eigenvalue weighted by Gasteiger charge is -2.24. The van der Waals surface area contributed by atoms with E-state index in [2.05, 4.69) is 25.6 Å². The molecule has 9 heteroatoms. The molecule has 0 aliphatic carbocycles. The van der Waals surface area contributed by atoms with Crippen molar-refractivity contribution in [3.63, 3.8) is 0 Å². The normalized spacial score (nSPS) is 14.6. The number of nitrogens with two attached hydrogens (primary N) is 1. The highest BCUT2D eigenvalue weighted by Gasteiger charge is 2.22. The maximum atomic E-state index is 13.7. The number of amidine groups is 2. The third kappa shape index (κ3) is 4.23. The summed E-state index contributed by atoms with van der Waals surface area (Å²) < 4.78 is 0. The summed E-state index contributed by atoms with van der Waals surface area (Å²) in [5.41, 5.74) is 9.06. The SMILES string of the molecule is NC(=O)c1cncc(C(=O)N(c2ccc(C3=NCCN3)cc2)c2ccc(C3=NCCN3)cc2)c1. The minimum absolute atomic E-state index is 0.173. The van der Waals surface area contributed by atoms with Crippen LogP contribution in [0.2, 0.25) is 0 Å². The summed E-state index contributed by atoms with van der Waals surface area (Å²) >= 11 is 0. The number of hydrogen-bond acceptors (Lipinski definition) is 7. The number of aromatic nitrogens is 1. The lowest BCUT2D eigenvalue weighted by Crippen LogP contribution is -2.27. The van der Waals surface area contributed by atoms with Crippen LogP contribution in [0.1, 0.15) is 31.8 Å². The summed E-state index contributed by atoms with van der Waals surface area (Å²) in [6, 6.07) is 16.7. The van der Waals surface area contributed by atoms with Crippen LogP contribution in [0, 0.1) is 0 Å². The summed E-state index contributed by atoms with van der Waals surface area (Å²) in [5, 5.41) is 6.50. The molecule has 3 heterocycles. The van der Waals surface area contributed by atoms with Crippen LogP contribution in [0.15, 0.2) is 77.0 Å². The summed E-state index contributed by atoms with van der Waals surface area (Å²) in [6.07, 6.45) is 2.77. The van der Waals surface area contributed by atoms with Crippen molar-refractivity contribution < 1.29 is 9.59 Å². The lowest BCUT2D eigenvalue weighted by atomic mass is 10.1. The van der Waals surface area contributed by atoms with Crippen molar-refractivity contribution in [1.29, 1.82) is 0 Å². The van der Waals surface area contributed by atoms with E-state index in [1.165, 1.54) is 18.5 Å². The Hall–Kier alpha value is -4.53. The van der Waals surface area contributed by atoms with Gasteiger partial charge in [-0.3, -0.25) is 29.5 Å². The van der Waals surface area contributed by atoms with Gasteiger partial charge in [-0.1, -0.05) is 0 Å². The molecule has 0 unspecified atom stereocenters. The number of nitrogens with one attached hydrogen (secondary N) is 2. The van der Waals surface area contributed by atoms with Crippen molar-refractivity contribution in [2.24, 2.45) is 15.7 Å². The Labute approximate surface area is 196 Å². The Morgan fingerprint density at radius 1 is 0.765 bits per heavy atom. The molecule has 2 aliphatic rings. The van der Waals surface area contributed by atoms with Gasteiger partial charge in [0.05, 0.1) is 24.2 Å². The molecule has 0 saturated carbocycles. The minimum atomic E-state index is -0.642. The van der Waals surface area contributed by atoms with Gasteiger partial charge in [0.2, 0.25) is 5.91 Å². The quantitative estimate of drug-likeness (QED) is 0.525. The van der Waals surface area contributed by atoms with E-state index in [1.54, 1.807) is 4.90 Å². The molecule has 0 radical (unpaired) electrons. The molecule has 0 saturated heterocycles. The molecule has 0 atom stereocenters. The fourth-order valence-electron chi connectivity index (χ4n) is 3.92. The number of anilines is 2. The summed E-state index contributed by atoms with van der Waals surface area (Å²) in [4.78, 5) is 39.8. The van der Waals surface area contributed by atoms with E-state index >= 15 is 0 Å². The highest BCUT2D eigenvalue weighted by molar-refractivity contribution is 6.12. The fourth-order valence-corrected chi connectivity index (χ4v) is 3.92. The molecule has 4 N–H and O–H groups in total. The number of hydrogen-bond donors (Lipinski definition) is 3. The topological polar surface area (TPSA) is 125 Å². The van der Waals surface area contributed by atoms with Crippen molar-refractivity contribution in [3.05, 3.63) is 89.2 Å². The smallest absolute Gasteiger partial charge is 0.264 e. The van der Waals surface area contributed by atoms with Crippen LogP contribution in [-0.2, 0) is 0 Å². The predicted molar refractivity (Wildman–Crippen MR) is 131 cm³/mol. The van der Waals surface area contributed by atoms with Gasteiger partial charge in [-0.25, -0.2) is 0 Å². The Kier molecular flexibility index (Phi) is 5.73. The van der Waals surface area contributed by atoms with Crippen LogP contribution < -0.4 is 21.3 Å². The first-order chi connectivity index (χ1) is 16.6. The van der Waals surface area contributed by atoms with Crippen LogP contribution >= 0.6 is 0 Å². The third-order valence-electron chi connectivity index (χ3n) is 5.62. The highest BCUT2D eigenvalue weighted by atomic mass is 16.2. The number of rotatable bonds is 6. The molecule has 9 nitrogen and oxygen atoms in total. The number of pyridine rings is 1. The number of primary amides is 1. The highest BCUT2D eigenvalue weighted by Crippen LogP contribution is 2.29. The summed E-state index contributed by atoms with van der Waals surface area (Å²) in [7, 11) is 0. The van der Waals surface area contributed by atoms with Crippen LogP contribution in [0.5, 0.6) is 0 Å². The van der Waals surface area contributed by atoms with E-state index in [0.717, 1.165) is 49.0 Å². The van der Waals surface area contributed by atoms with Crippen molar-refractivity contribution in [1.82, 2.24) is 15.6 Å². The van der Waals surface area contributed by atoms with Gasteiger partial charge in [-0.2, -0.15) is 0 Å². The zero-order valence-electron chi connectivity index (χ0n) is 18.4. The lowest BCUT2D eigenvalue weighted by molar-refractivity contribution is 0.0998. The number of carbonyl (C=O) groups excluding carboxylic acids is 2. The standard InChI is InChI=1S/C25H23N7O2/c26-22(33)18-13-19(15-27-14-18)25(34)32(20-5-1-16(2-6-20)23-28-9-10-29-23)21-7-3-17(4-8-21)24-30-11-12-31-24/h1-8,13-15H,9-12H2,(H2,26,33)(H,28,29)(H,30,31). The zero-order chi connectivity index (χ0) is 23.5. The maximum absolute atomic E-state index is 13.7. The van der Waals surface area contributed by atoms with Crippen LogP contribution in [-0.4, -0.2) is 54.6 Å². The number of carbonyl (C=O) groups is 2. The van der Waals surface area contributed by atoms with E-state index < -0.39 is 5.91 Å². The fraction of sp³-hybridized carbons (Fsp3) is 0.160. The second kappa shape index (κ2) is 9.14. The number of aliphatic imine (C=N–C) groups is 2. The van der Waals surface area contributed by atoms with Gasteiger partial charge in [-0.15, -0.1) is 0 Å². The Bertz CT molecular complexity index is 1230. The molecule has 0 fully saturated rings. The van der Waals surface area contributed by atoms with Gasteiger partial charge < -0.3 is 16.4 Å². The van der Waals surface area contributed by atoms with Gasteiger partial charge in [0, 0.05) is 48.0 Å². The third-order valence-corrected chi connectivity index (χ3v) is 5.62. The Morgan fingerprint density at radius 2 is 1.26 bits per heavy atom. The zero-order valence-corrected chi connectivity index (χ0v) is 18.4. The second-order valence-corrected chi connectivity index (χ2v) is 7.88. The minimum Gasteiger partial charge on any atom is -0.368 e. The summed E-state index contributed by atoms with van der Waals surface area (Å²) in [5.74, 6) is 0.717. The monoisotopic (exact) mass is 453 g/mol. The number of nitrogens with zero attached hydrogens (tertiary/aromatic N) is 4. The molecular formula is C25H23N7O2. The Morgan fingerprint density at radius 3 is 1.71 bits per heavy atom. The molecule has 2 amide bonds. The van der Waals surface area contributed by atoms with Crippen molar-refractivity contribution in [2.75, 3.05) is 31.1 Å². The molecule has 2 aliphatic heterocycles. The van der Waals surface area contributed by atoms with Gasteiger partial charge in [0.1, 0.15) is 11.7 Å². The molecule has 5 rings (SSSR count). The average Bonchev–Trinajstić information content (AvgIpc) is 3.60. The largest absolute Gasteiger partial charge is 0.368 e. The Balaban J connectivity index is 1.53. The molecular weight excluding hydrogens is 430 g/mol. The van der Waals surface area contributed by atoms with Crippen LogP contribution in [0.3, 0.4) is 0 Å². The van der Waals surface area contributed by atoms with Gasteiger partial charge >= 0.3 is 0 Å². The maximum Gasteiger partial charge on any atom is 0.264 e. The van der Waals surface area contributed by atoms with Gasteiger partial charge in [0.15, 0.2) is 0 Å². The molecule has 2 aromatic carbocycles. The van der Waals surface area contributed by atoms with E-state index in [9.17, 15) is 9.59 Å². The summed E-state index contributed by atoms with van der Waals surface area (Å²) in [6.45, 7) is 3.13. The van der Waals surface area contributed by atoms with Crippen molar-refractivity contribution in [2.45, 2.75) is 0 Å². The van der Waals surface area contributed by atoms with E-state index in [-0.39, 0.29) is 17.0 Å².